The van der Waals surface area contributed by atoms with E-state index >= 15 is 0 Å². The van der Waals surface area contributed by atoms with Crippen LogP contribution < -0.4 is 21.4 Å². The fourth-order valence-electron chi connectivity index (χ4n) is 5.63. The van der Waals surface area contributed by atoms with Gasteiger partial charge in [0.25, 0.3) is 5.91 Å². The van der Waals surface area contributed by atoms with Crippen molar-refractivity contribution in [3.05, 3.63) is 63.5 Å². The van der Waals surface area contributed by atoms with Crippen molar-refractivity contribution in [3.8, 4) is 21.7 Å². The van der Waals surface area contributed by atoms with Crippen LogP contribution in [0.25, 0.3) is 32.6 Å². The number of halogens is 3. The van der Waals surface area contributed by atoms with Gasteiger partial charge in [0.1, 0.15) is 16.4 Å². The number of carbonyl (C=O) groups is 2. The quantitative estimate of drug-likeness (QED) is 0.179. The molecule has 0 spiro atoms. The lowest BCUT2D eigenvalue weighted by Crippen LogP contribution is -2.34. The molecule has 0 atom stereocenters. The lowest BCUT2D eigenvalue weighted by atomic mass is 9.96. The zero-order valence-electron chi connectivity index (χ0n) is 27.8. The molecule has 3 amide bonds. The predicted octanol–water partition coefficient (Wildman–Crippen LogP) is 5.84. The maximum atomic E-state index is 13.9. The standard InChI is InChI=1S/C34H40F3N7O4S/c1-20(2)40-33(47)42-29-16-23(32-41-28(19-49-32)34(35,36)37)25(17-39-29)22-5-6-27-24(15-22)30(45)26(31(46)38-10-12-43(3)4)18-44(27)11-7-21-8-13-48-14-9-21/h5-6,15-21H,7-14H2,1-4H3,(H,38,46)(H2,39,40,42,47). The van der Waals surface area contributed by atoms with E-state index in [4.69, 9.17) is 4.74 Å². The monoisotopic (exact) mass is 699 g/mol. The molecule has 11 nitrogen and oxygen atoms in total. The number of carbonyl (C=O) groups excluding carboxylic acids is 2. The molecule has 4 heterocycles. The average Bonchev–Trinajstić information content (AvgIpc) is 3.56. The van der Waals surface area contributed by atoms with Crippen molar-refractivity contribution in [2.45, 2.75) is 51.9 Å². The van der Waals surface area contributed by atoms with Gasteiger partial charge in [0.15, 0.2) is 5.69 Å². The number of anilines is 1. The highest BCUT2D eigenvalue weighted by Gasteiger charge is 2.34. The molecule has 1 fully saturated rings. The summed E-state index contributed by atoms with van der Waals surface area (Å²) < 4.78 is 48.1. The van der Waals surface area contributed by atoms with Crippen molar-refractivity contribution in [1.29, 1.82) is 0 Å². The van der Waals surface area contributed by atoms with Gasteiger partial charge in [0.2, 0.25) is 5.43 Å². The first-order chi connectivity index (χ1) is 23.3. The van der Waals surface area contributed by atoms with Crippen molar-refractivity contribution < 1.29 is 27.5 Å². The number of hydrogen-bond acceptors (Lipinski definition) is 8. The van der Waals surface area contributed by atoms with Gasteiger partial charge in [-0.3, -0.25) is 14.9 Å². The summed E-state index contributed by atoms with van der Waals surface area (Å²) in [6.45, 7) is 6.49. The maximum Gasteiger partial charge on any atom is 0.434 e. The van der Waals surface area contributed by atoms with Gasteiger partial charge in [-0.2, -0.15) is 13.2 Å². The van der Waals surface area contributed by atoms with Gasteiger partial charge in [-0.25, -0.2) is 14.8 Å². The number of thiazole rings is 1. The van der Waals surface area contributed by atoms with E-state index in [9.17, 15) is 27.6 Å². The van der Waals surface area contributed by atoms with E-state index in [1.54, 1.807) is 38.2 Å². The molecular formula is C34H40F3N7O4S. The van der Waals surface area contributed by atoms with E-state index in [0.717, 1.165) is 36.0 Å². The molecule has 1 aromatic carbocycles. The molecular weight excluding hydrogens is 659 g/mol. The van der Waals surface area contributed by atoms with Gasteiger partial charge in [0.05, 0.1) is 5.52 Å². The Labute approximate surface area is 285 Å². The Morgan fingerprint density at radius 2 is 1.90 bits per heavy atom. The Morgan fingerprint density at radius 1 is 1.14 bits per heavy atom. The normalized spacial score (nSPS) is 14.1. The van der Waals surface area contributed by atoms with E-state index in [-0.39, 0.29) is 33.4 Å². The van der Waals surface area contributed by atoms with Gasteiger partial charge in [-0.1, -0.05) is 6.07 Å². The van der Waals surface area contributed by atoms with E-state index < -0.39 is 29.2 Å². The molecule has 3 N–H and O–H groups in total. The molecule has 0 bridgehead atoms. The van der Waals surface area contributed by atoms with Gasteiger partial charge in [-0.05, 0) is 76.9 Å². The number of urea groups is 1. The van der Waals surface area contributed by atoms with Crippen LogP contribution in [0.2, 0.25) is 0 Å². The smallest absolute Gasteiger partial charge is 0.381 e. The Balaban J connectivity index is 1.60. The van der Waals surface area contributed by atoms with Gasteiger partial charge in [0, 0.05) is 73.2 Å². The molecule has 1 aliphatic heterocycles. The van der Waals surface area contributed by atoms with Crippen molar-refractivity contribution in [2.75, 3.05) is 45.7 Å². The number of nitrogens with one attached hydrogen (secondary N) is 3. The third-order valence-corrected chi connectivity index (χ3v) is 9.07. The highest BCUT2D eigenvalue weighted by molar-refractivity contribution is 7.13. The Morgan fingerprint density at radius 3 is 2.57 bits per heavy atom. The number of nitrogens with zero attached hydrogens (tertiary/aromatic N) is 4. The van der Waals surface area contributed by atoms with Crippen LogP contribution in [0.3, 0.4) is 0 Å². The summed E-state index contributed by atoms with van der Waals surface area (Å²) in [5, 5.41) is 9.40. The number of aromatic nitrogens is 3. The molecule has 49 heavy (non-hydrogen) atoms. The minimum Gasteiger partial charge on any atom is -0.381 e. The number of alkyl halides is 3. The molecule has 1 aliphatic rings. The fraction of sp³-hybridized carbons (Fsp3) is 0.441. The van der Waals surface area contributed by atoms with Crippen LogP contribution >= 0.6 is 11.3 Å². The molecule has 3 aromatic heterocycles. The van der Waals surface area contributed by atoms with Crippen molar-refractivity contribution in [2.24, 2.45) is 5.92 Å². The average molecular weight is 700 g/mol. The van der Waals surface area contributed by atoms with Crippen LogP contribution in [0.4, 0.5) is 23.8 Å². The number of rotatable bonds is 11. The van der Waals surface area contributed by atoms with E-state index in [1.807, 2.05) is 23.6 Å². The first kappa shape index (κ1) is 36.0. The topological polar surface area (TPSA) is 130 Å². The third-order valence-electron chi connectivity index (χ3n) is 8.19. The molecule has 15 heteroatoms. The summed E-state index contributed by atoms with van der Waals surface area (Å²) in [7, 11) is 3.77. The Kier molecular flexibility index (Phi) is 11.4. The summed E-state index contributed by atoms with van der Waals surface area (Å²) in [6, 6.07) is 5.94. The first-order valence-corrected chi connectivity index (χ1v) is 17.0. The summed E-state index contributed by atoms with van der Waals surface area (Å²) in [5.74, 6) is 0.0654. The Hall–Kier alpha value is -4.34. The van der Waals surface area contributed by atoms with E-state index in [2.05, 4.69) is 25.9 Å². The van der Waals surface area contributed by atoms with E-state index in [0.29, 0.717) is 55.4 Å². The van der Waals surface area contributed by atoms with Crippen LogP contribution in [0.1, 0.15) is 49.2 Å². The van der Waals surface area contributed by atoms with Crippen LogP contribution in [-0.2, 0) is 17.5 Å². The summed E-state index contributed by atoms with van der Waals surface area (Å²) in [4.78, 5) is 49.8. The van der Waals surface area contributed by atoms with Gasteiger partial charge >= 0.3 is 12.2 Å². The zero-order valence-corrected chi connectivity index (χ0v) is 28.6. The van der Waals surface area contributed by atoms with Gasteiger partial charge < -0.3 is 24.8 Å². The first-order valence-electron chi connectivity index (χ1n) is 16.1. The van der Waals surface area contributed by atoms with E-state index in [1.165, 1.54) is 12.3 Å². The van der Waals surface area contributed by atoms with Crippen molar-refractivity contribution >= 4 is 40.0 Å². The molecule has 0 unspecified atom stereocenters. The summed E-state index contributed by atoms with van der Waals surface area (Å²) in [6.07, 6.45) is 1.10. The molecule has 1 saturated heterocycles. The largest absolute Gasteiger partial charge is 0.434 e. The molecule has 0 aliphatic carbocycles. The second-order valence-electron chi connectivity index (χ2n) is 12.6. The SMILES string of the molecule is CC(C)NC(=O)Nc1cc(-c2nc(C(F)(F)F)cs2)c(-c2ccc3c(c2)c(=O)c(C(=O)NCCN(C)C)cn3CCC2CCOCC2)cn1. The molecule has 0 radical (unpaired) electrons. The number of aryl methyl sites for hydroxylation is 1. The number of fused-ring (bicyclic) bond motifs is 1. The number of benzene rings is 1. The fourth-order valence-corrected chi connectivity index (χ4v) is 6.49. The van der Waals surface area contributed by atoms with Crippen molar-refractivity contribution in [3.63, 3.8) is 0 Å². The highest BCUT2D eigenvalue weighted by atomic mass is 32.1. The molecule has 5 rings (SSSR count). The molecule has 262 valence electrons. The van der Waals surface area contributed by atoms with Crippen LogP contribution in [0.15, 0.2) is 46.8 Å². The van der Waals surface area contributed by atoms with Crippen LogP contribution in [0.5, 0.6) is 0 Å². The lowest BCUT2D eigenvalue weighted by Gasteiger charge is -2.23. The summed E-state index contributed by atoms with van der Waals surface area (Å²) >= 11 is 0.803. The number of hydrogen-bond donors (Lipinski definition) is 3. The summed E-state index contributed by atoms with van der Waals surface area (Å²) in [5.41, 5.74) is 0.277. The van der Waals surface area contributed by atoms with Crippen molar-refractivity contribution in [1.82, 2.24) is 30.1 Å². The zero-order chi connectivity index (χ0) is 35.3. The number of likely N-dealkylation sites (N-methyl/N-ethyl adjacent to an activating group) is 1. The molecule has 4 aromatic rings. The van der Waals surface area contributed by atoms with Crippen LogP contribution in [-0.4, -0.2) is 77.8 Å². The highest BCUT2D eigenvalue weighted by Crippen LogP contribution is 2.39. The number of pyridine rings is 2. The number of ether oxygens (including phenoxy) is 1. The lowest BCUT2D eigenvalue weighted by molar-refractivity contribution is -0.140. The second kappa shape index (κ2) is 15.5. The number of amides is 3. The Bertz CT molecular complexity index is 1870. The van der Waals surface area contributed by atoms with Gasteiger partial charge in [-0.15, -0.1) is 11.3 Å². The van der Waals surface area contributed by atoms with Crippen LogP contribution in [0, 0.1) is 5.92 Å². The second-order valence-corrected chi connectivity index (χ2v) is 13.5. The minimum absolute atomic E-state index is 0.000752. The molecule has 0 saturated carbocycles. The third kappa shape index (κ3) is 9.02. The minimum atomic E-state index is -4.65. The predicted molar refractivity (Wildman–Crippen MR) is 184 cm³/mol. The maximum absolute atomic E-state index is 13.9.